The first-order valence-corrected chi connectivity index (χ1v) is 7.63. The van der Waals surface area contributed by atoms with Crippen molar-refractivity contribution >= 4 is 39.0 Å². The molecule has 102 valence electrons. The zero-order valence-corrected chi connectivity index (χ0v) is 12.8. The van der Waals surface area contributed by atoms with Gasteiger partial charge in [-0.15, -0.1) is 11.3 Å². The van der Waals surface area contributed by atoms with Crippen molar-refractivity contribution in [3.63, 3.8) is 0 Å². The minimum atomic E-state index is 0.157. The van der Waals surface area contributed by atoms with Crippen molar-refractivity contribution in [1.82, 2.24) is 9.97 Å². The number of rotatable bonds is 3. The molecule has 1 N–H and O–H groups in total. The highest BCUT2D eigenvalue weighted by Crippen LogP contribution is 2.29. The van der Waals surface area contributed by atoms with Crippen LogP contribution >= 0.6 is 22.9 Å². The van der Waals surface area contributed by atoms with Crippen LogP contribution in [0.1, 0.15) is 24.1 Å². The zero-order chi connectivity index (χ0) is 14.1. The summed E-state index contributed by atoms with van der Waals surface area (Å²) in [5.41, 5.74) is 2.47. The molecule has 1 atom stereocenters. The maximum absolute atomic E-state index is 5.98. The topological polar surface area (TPSA) is 37.8 Å². The first-order valence-electron chi connectivity index (χ1n) is 6.37. The van der Waals surface area contributed by atoms with E-state index in [9.17, 15) is 0 Å². The maximum Gasteiger partial charge on any atom is 0.225 e. The molecule has 5 heteroatoms. The van der Waals surface area contributed by atoms with Crippen LogP contribution in [0.25, 0.3) is 10.2 Å². The zero-order valence-electron chi connectivity index (χ0n) is 11.2. The molecule has 0 spiro atoms. The molecule has 1 unspecified atom stereocenters. The van der Waals surface area contributed by atoms with Crippen LogP contribution in [0.3, 0.4) is 0 Å². The number of hydrogen-bond acceptors (Lipinski definition) is 4. The number of nitrogens with one attached hydrogen (secondary N) is 1. The smallest absolute Gasteiger partial charge is 0.225 e. The molecule has 0 bridgehead atoms. The SMILES string of the molecule is Cc1ccc(C(C)Nc2nc(Cl)nc3sccc23)cc1. The molecule has 1 aromatic carbocycles. The van der Waals surface area contributed by atoms with E-state index in [1.54, 1.807) is 11.3 Å². The van der Waals surface area contributed by atoms with Crippen LogP contribution in [-0.2, 0) is 0 Å². The van der Waals surface area contributed by atoms with Crippen molar-refractivity contribution in [2.45, 2.75) is 19.9 Å². The Morgan fingerprint density at radius 3 is 2.65 bits per heavy atom. The van der Waals surface area contributed by atoms with Gasteiger partial charge in [-0.1, -0.05) is 29.8 Å². The van der Waals surface area contributed by atoms with Gasteiger partial charge in [-0.2, -0.15) is 0 Å². The van der Waals surface area contributed by atoms with Crippen LogP contribution in [0, 0.1) is 6.92 Å². The Balaban J connectivity index is 1.92. The van der Waals surface area contributed by atoms with Crippen molar-refractivity contribution in [1.29, 1.82) is 0 Å². The summed E-state index contributed by atoms with van der Waals surface area (Å²) in [4.78, 5) is 9.43. The molecule has 3 aromatic rings. The number of halogens is 1. The molecule has 0 saturated carbocycles. The molecule has 0 aliphatic heterocycles. The van der Waals surface area contributed by atoms with Crippen molar-refractivity contribution in [2.24, 2.45) is 0 Å². The normalized spacial score (nSPS) is 12.6. The van der Waals surface area contributed by atoms with Crippen LogP contribution in [-0.4, -0.2) is 9.97 Å². The summed E-state index contributed by atoms with van der Waals surface area (Å²) < 4.78 is 0. The summed E-state index contributed by atoms with van der Waals surface area (Å²) in [6, 6.07) is 10.6. The average molecular weight is 304 g/mol. The molecule has 0 saturated heterocycles. The van der Waals surface area contributed by atoms with E-state index in [1.165, 1.54) is 11.1 Å². The van der Waals surface area contributed by atoms with Gasteiger partial charge in [0.2, 0.25) is 5.28 Å². The first-order chi connectivity index (χ1) is 9.63. The molecule has 3 rings (SSSR count). The monoisotopic (exact) mass is 303 g/mol. The van der Waals surface area contributed by atoms with Crippen LogP contribution in [0.5, 0.6) is 0 Å². The lowest BCUT2D eigenvalue weighted by atomic mass is 10.1. The molecule has 2 aromatic heterocycles. The van der Waals surface area contributed by atoms with E-state index >= 15 is 0 Å². The largest absolute Gasteiger partial charge is 0.363 e. The molecule has 0 amide bonds. The number of benzene rings is 1. The molecule has 2 heterocycles. The number of nitrogens with zero attached hydrogens (tertiary/aromatic N) is 2. The highest BCUT2D eigenvalue weighted by atomic mass is 35.5. The molecule has 0 aliphatic carbocycles. The third-order valence-electron chi connectivity index (χ3n) is 3.23. The number of fused-ring (bicyclic) bond motifs is 1. The van der Waals surface area contributed by atoms with Gasteiger partial charge >= 0.3 is 0 Å². The van der Waals surface area contributed by atoms with Gasteiger partial charge in [0, 0.05) is 6.04 Å². The Bertz CT molecular complexity index is 736. The minimum absolute atomic E-state index is 0.157. The quantitative estimate of drug-likeness (QED) is 0.704. The summed E-state index contributed by atoms with van der Waals surface area (Å²) in [7, 11) is 0. The lowest BCUT2D eigenvalue weighted by Crippen LogP contribution is -2.08. The fraction of sp³-hybridized carbons (Fsp3) is 0.200. The highest BCUT2D eigenvalue weighted by Gasteiger charge is 2.11. The van der Waals surface area contributed by atoms with E-state index in [2.05, 4.69) is 53.4 Å². The Hall–Kier alpha value is -1.65. The second-order valence-electron chi connectivity index (χ2n) is 4.76. The van der Waals surface area contributed by atoms with Crippen LogP contribution < -0.4 is 5.32 Å². The Kier molecular flexibility index (Phi) is 3.59. The van der Waals surface area contributed by atoms with Crippen molar-refractivity contribution in [3.05, 3.63) is 52.1 Å². The summed E-state index contributed by atoms with van der Waals surface area (Å²) >= 11 is 7.54. The van der Waals surface area contributed by atoms with Gasteiger partial charge in [0.05, 0.1) is 5.39 Å². The standard InChI is InChI=1S/C15H14ClN3S/c1-9-3-5-11(6-4-9)10(2)17-13-12-7-8-20-14(12)19-15(16)18-13/h3-8,10H,1-2H3,(H,17,18,19). The van der Waals surface area contributed by atoms with Crippen LogP contribution in [0.2, 0.25) is 5.28 Å². The number of anilines is 1. The fourth-order valence-electron chi connectivity index (χ4n) is 2.08. The van der Waals surface area contributed by atoms with Gasteiger partial charge in [-0.25, -0.2) is 9.97 Å². The molecule has 3 nitrogen and oxygen atoms in total. The fourth-order valence-corrected chi connectivity index (χ4v) is 3.07. The molecular weight excluding hydrogens is 290 g/mol. The molecule has 0 aliphatic rings. The number of thiophene rings is 1. The van der Waals surface area contributed by atoms with Gasteiger partial charge < -0.3 is 5.32 Å². The lowest BCUT2D eigenvalue weighted by Gasteiger charge is -2.16. The lowest BCUT2D eigenvalue weighted by molar-refractivity contribution is 0.875. The van der Waals surface area contributed by atoms with Crippen molar-refractivity contribution < 1.29 is 0 Å². The summed E-state index contributed by atoms with van der Waals surface area (Å²) in [5, 5.41) is 6.70. The molecule has 0 radical (unpaired) electrons. The van der Waals surface area contributed by atoms with Crippen LogP contribution in [0.15, 0.2) is 35.7 Å². The van der Waals surface area contributed by atoms with Crippen LogP contribution in [0.4, 0.5) is 5.82 Å². The number of hydrogen-bond donors (Lipinski definition) is 1. The minimum Gasteiger partial charge on any atom is -0.363 e. The molecule has 20 heavy (non-hydrogen) atoms. The summed E-state index contributed by atoms with van der Waals surface area (Å²) in [6.45, 7) is 4.19. The van der Waals surface area contributed by atoms with E-state index in [0.717, 1.165) is 16.0 Å². The second kappa shape index (κ2) is 5.38. The predicted molar refractivity (Wildman–Crippen MR) is 85.6 cm³/mol. The Labute approximate surface area is 126 Å². The molecular formula is C15H14ClN3S. The second-order valence-corrected chi connectivity index (χ2v) is 5.99. The highest BCUT2D eigenvalue weighted by molar-refractivity contribution is 7.16. The average Bonchev–Trinajstić information content (AvgIpc) is 2.87. The Morgan fingerprint density at radius 2 is 1.90 bits per heavy atom. The van der Waals surface area contributed by atoms with E-state index in [-0.39, 0.29) is 11.3 Å². The first kappa shape index (κ1) is 13.3. The van der Waals surface area contributed by atoms with E-state index in [1.807, 2.05) is 11.4 Å². The van der Waals surface area contributed by atoms with Crippen molar-refractivity contribution in [2.75, 3.05) is 5.32 Å². The predicted octanol–water partition coefficient (Wildman–Crippen LogP) is 4.83. The Morgan fingerprint density at radius 1 is 1.15 bits per heavy atom. The van der Waals surface area contributed by atoms with Gasteiger partial charge in [-0.3, -0.25) is 0 Å². The third kappa shape index (κ3) is 2.62. The van der Waals surface area contributed by atoms with Gasteiger partial charge in [-0.05, 0) is 42.5 Å². The number of aryl methyl sites for hydroxylation is 1. The summed E-state index contributed by atoms with van der Waals surface area (Å²) in [6.07, 6.45) is 0. The van der Waals surface area contributed by atoms with Crippen molar-refractivity contribution in [3.8, 4) is 0 Å². The molecule has 0 fully saturated rings. The number of aromatic nitrogens is 2. The van der Waals surface area contributed by atoms with E-state index in [4.69, 9.17) is 11.6 Å². The van der Waals surface area contributed by atoms with Gasteiger partial charge in [0.15, 0.2) is 0 Å². The van der Waals surface area contributed by atoms with Gasteiger partial charge in [0.25, 0.3) is 0 Å². The van der Waals surface area contributed by atoms with E-state index < -0.39 is 0 Å². The summed E-state index contributed by atoms with van der Waals surface area (Å²) in [5.74, 6) is 0.786. The maximum atomic E-state index is 5.98. The van der Waals surface area contributed by atoms with E-state index in [0.29, 0.717) is 0 Å². The third-order valence-corrected chi connectivity index (χ3v) is 4.20. The van der Waals surface area contributed by atoms with Gasteiger partial charge in [0.1, 0.15) is 10.6 Å².